The van der Waals surface area contributed by atoms with Crippen molar-refractivity contribution >= 4 is 15.9 Å². The van der Waals surface area contributed by atoms with Gasteiger partial charge in [0.2, 0.25) is 15.9 Å². The molecule has 2 atom stereocenters. The molecule has 1 N–H and O–H groups in total. The Morgan fingerprint density at radius 1 is 1.32 bits per heavy atom. The fourth-order valence-electron chi connectivity index (χ4n) is 3.04. The third kappa shape index (κ3) is 4.85. The number of methoxy groups -OCH3 is 2. The molecule has 0 radical (unpaired) electrons. The van der Waals surface area contributed by atoms with Gasteiger partial charge < -0.3 is 14.8 Å². The molecule has 1 saturated heterocycles. The molecule has 1 fully saturated rings. The number of piperidine rings is 1. The van der Waals surface area contributed by atoms with Crippen molar-refractivity contribution in [2.24, 2.45) is 5.92 Å². The molecule has 0 saturated carbocycles. The zero-order valence-corrected chi connectivity index (χ0v) is 15.9. The van der Waals surface area contributed by atoms with Gasteiger partial charge in [-0.2, -0.15) is 0 Å². The maximum Gasteiger partial charge on any atom is 0.224 e. The first-order chi connectivity index (χ1) is 11.8. The second kappa shape index (κ2) is 8.05. The Morgan fingerprint density at radius 2 is 2.04 bits per heavy atom. The highest BCUT2D eigenvalue weighted by Crippen LogP contribution is 2.30. The van der Waals surface area contributed by atoms with Crippen molar-refractivity contribution in [1.29, 1.82) is 0 Å². The maximum atomic E-state index is 12.6. The number of hydrogen-bond donors (Lipinski definition) is 1. The van der Waals surface area contributed by atoms with Crippen LogP contribution in [0.4, 0.5) is 0 Å². The number of hydrogen-bond acceptors (Lipinski definition) is 5. The molecule has 0 aliphatic carbocycles. The van der Waals surface area contributed by atoms with E-state index in [0.717, 1.165) is 5.56 Å². The van der Waals surface area contributed by atoms with Crippen molar-refractivity contribution < 1.29 is 22.7 Å². The molecule has 1 aliphatic rings. The summed E-state index contributed by atoms with van der Waals surface area (Å²) in [6.07, 6.45) is 2.54. The molecular weight excluding hydrogens is 344 g/mol. The van der Waals surface area contributed by atoms with Gasteiger partial charge in [-0.15, -0.1) is 0 Å². The third-order valence-electron chi connectivity index (χ3n) is 4.49. The highest BCUT2D eigenvalue weighted by Gasteiger charge is 2.31. The minimum absolute atomic E-state index is 0.147. The first-order valence-electron chi connectivity index (χ1n) is 8.23. The molecule has 1 aromatic carbocycles. The van der Waals surface area contributed by atoms with Gasteiger partial charge in [0.1, 0.15) is 11.5 Å². The fraction of sp³-hybridized carbons (Fsp3) is 0.588. The van der Waals surface area contributed by atoms with E-state index in [4.69, 9.17) is 9.47 Å². The van der Waals surface area contributed by atoms with E-state index in [2.05, 4.69) is 5.32 Å². The summed E-state index contributed by atoms with van der Waals surface area (Å²) >= 11 is 0. The number of nitrogens with one attached hydrogen (secondary N) is 1. The van der Waals surface area contributed by atoms with Gasteiger partial charge in [-0.1, -0.05) is 0 Å². The molecule has 0 bridgehead atoms. The van der Waals surface area contributed by atoms with Crippen LogP contribution >= 0.6 is 0 Å². The SMILES string of the molecule is COc1ccc(OC)c([C@@H](C)NC(=O)[C@@H]2CCCN(S(C)(=O)=O)C2)c1. The average molecular weight is 370 g/mol. The Balaban J connectivity index is 2.09. The molecular formula is C17H26N2O5S. The largest absolute Gasteiger partial charge is 0.497 e. The third-order valence-corrected chi connectivity index (χ3v) is 5.76. The van der Waals surface area contributed by atoms with Crippen molar-refractivity contribution in [1.82, 2.24) is 9.62 Å². The van der Waals surface area contributed by atoms with Gasteiger partial charge >= 0.3 is 0 Å². The molecule has 140 valence electrons. The Bertz CT molecular complexity index is 720. The number of rotatable bonds is 6. The van der Waals surface area contributed by atoms with Gasteiger partial charge in [-0.05, 0) is 38.0 Å². The number of ether oxygens (including phenoxy) is 2. The lowest BCUT2D eigenvalue weighted by molar-refractivity contribution is -0.126. The van der Waals surface area contributed by atoms with Crippen molar-refractivity contribution in [3.63, 3.8) is 0 Å². The summed E-state index contributed by atoms with van der Waals surface area (Å²) in [4.78, 5) is 12.6. The van der Waals surface area contributed by atoms with Crippen LogP contribution in [0.25, 0.3) is 0 Å². The molecule has 1 aromatic rings. The number of carbonyl (C=O) groups is 1. The Morgan fingerprint density at radius 3 is 2.64 bits per heavy atom. The fourth-order valence-corrected chi connectivity index (χ4v) is 3.96. The van der Waals surface area contributed by atoms with Gasteiger partial charge in [-0.3, -0.25) is 4.79 Å². The van der Waals surface area contributed by atoms with E-state index >= 15 is 0 Å². The zero-order chi connectivity index (χ0) is 18.6. The Labute approximate surface area is 149 Å². The van der Waals surface area contributed by atoms with Crippen LogP contribution in [0.5, 0.6) is 11.5 Å². The lowest BCUT2D eigenvalue weighted by atomic mass is 9.97. The molecule has 7 nitrogen and oxygen atoms in total. The minimum atomic E-state index is -3.28. The van der Waals surface area contributed by atoms with Crippen LogP contribution in [0.3, 0.4) is 0 Å². The van der Waals surface area contributed by atoms with Crippen molar-refractivity contribution in [3.05, 3.63) is 23.8 Å². The molecule has 0 aromatic heterocycles. The summed E-state index contributed by atoms with van der Waals surface area (Å²) in [6, 6.07) is 5.13. The van der Waals surface area contributed by atoms with E-state index in [1.165, 1.54) is 10.6 Å². The predicted molar refractivity (Wildman–Crippen MR) is 95.2 cm³/mol. The van der Waals surface area contributed by atoms with E-state index in [0.29, 0.717) is 30.9 Å². The highest BCUT2D eigenvalue weighted by atomic mass is 32.2. The molecule has 25 heavy (non-hydrogen) atoms. The molecule has 8 heteroatoms. The van der Waals surface area contributed by atoms with E-state index in [-0.39, 0.29) is 24.4 Å². The van der Waals surface area contributed by atoms with Gasteiger partial charge in [0, 0.05) is 18.7 Å². The van der Waals surface area contributed by atoms with Crippen molar-refractivity contribution in [2.45, 2.75) is 25.8 Å². The van der Waals surface area contributed by atoms with E-state index in [1.54, 1.807) is 26.4 Å². The lowest BCUT2D eigenvalue weighted by Crippen LogP contribution is -2.45. The number of carbonyl (C=O) groups excluding carboxylic acids is 1. The Kier molecular flexibility index (Phi) is 6.29. The predicted octanol–water partition coefficient (Wildman–Crippen LogP) is 1.55. The van der Waals surface area contributed by atoms with E-state index in [9.17, 15) is 13.2 Å². The van der Waals surface area contributed by atoms with Crippen LogP contribution in [0.15, 0.2) is 18.2 Å². The second-order valence-electron chi connectivity index (χ2n) is 6.30. The van der Waals surface area contributed by atoms with Crippen LogP contribution in [0.1, 0.15) is 31.4 Å². The molecule has 0 unspecified atom stereocenters. The van der Waals surface area contributed by atoms with Gasteiger partial charge in [0.15, 0.2) is 0 Å². The summed E-state index contributed by atoms with van der Waals surface area (Å²) < 4.78 is 35.4. The summed E-state index contributed by atoms with van der Waals surface area (Å²) in [5.74, 6) is 0.848. The van der Waals surface area contributed by atoms with Crippen molar-refractivity contribution in [3.8, 4) is 11.5 Å². The van der Waals surface area contributed by atoms with Crippen molar-refractivity contribution in [2.75, 3.05) is 33.6 Å². The first kappa shape index (κ1) is 19.5. The minimum Gasteiger partial charge on any atom is -0.497 e. The van der Waals surface area contributed by atoms with Crippen LogP contribution in [0, 0.1) is 5.92 Å². The number of nitrogens with zero attached hydrogens (tertiary/aromatic N) is 1. The molecule has 1 heterocycles. The number of amides is 1. The first-order valence-corrected chi connectivity index (χ1v) is 10.1. The van der Waals surface area contributed by atoms with E-state index in [1.807, 2.05) is 13.0 Å². The Hall–Kier alpha value is -1.80. The smallest absolute Gasteiger partial charge is 0.224 e. The molecule has 1 amide bonds. The summed E-state index contributed by atoms with van der Waals surface area (Å²) in [7, 11) is -0.121. The monoisotopic (exact) mass is 370 g/mol. The molecule has 0 spiro atoms. The number of sulfonamides is 1. The summed E-state index contributed by atoms with van der Waals surface area (Å²) in [6.45, 7) is 2.57. The summed E-state index contributed by atoms with van der Waals surface area (Å²) in [5.41, 5.74) is 0.811. The van der Waals surface area contributed by atoms with Gasteiger partial charge in [-0.25, -0.2) is 12.7 Å². The molecule has 1 aliphatic heterocycles. The zero-order valence-electron chi connectivity index (χ0n) is 15.1. The van der Waals surface area contributed by atoms with Crippen LogP contribution in [0.2, 0.25) is 0 Å². The normalized spacial score (nSPS) is 19.9. The standard InChI is InChI=1S/C17H26N2O5S/c1-12(15-10-14(23-2)7-8-16(15)24-3)18-17(20)13-6-5-9-19(11-13)25(4,21)22/h7-8,10,12-13H,5-6,9,11H2,1-4H3,(H,18,20)/t12-,13-/m1/s1. The highest BCUT2D eigenvalue weighted by molar-refractivity contribution is 7.88. The molecule has 2 rings (SSSR count). The second-order valence-corrected chi connectivity index (χ2v) is 8.28. The number of benzene rings is 1. The van der Waals surface area contributed by atoms with Crippen LogP contribution < -0.4 is 14.8 Å². The van der Waals surface area contributed by atoms with Gasteiger partial charge in [0.25, 0.3) is 0 Å². The quantitative estimate of drug-likeness (QED) is 0.821. The average Bonchev–Trinajstić information content (AvgIpc) is 2.60. The van der Waals surface area contributed by atoms with Crippen LogP contribution in [-0.2, 0) is 14.8 Å². The maximum absolute atomic E-state index is 12.6. The van der Waals surface area contributed by atoms with E-state index < -0.39 is 10.0 Å². The summed E-state index contributed by atoms with van der Waals surface area (Å²) in [5, 5.41) is 2.97. The van der Waals surface area contributed by atoms with Crippen LogP contribution in [-0.4, -0.2) is 52.2 Å². The topological polar surface area (TPSA) is 84.9 Å². The van der Waals surface area contributed by atoms with Gasteiger partial charge in [0.05, 0.1) is 32.4 Å². The lowest BCUT2D eigenvalue weighted by Gasteiger charge is -2.31.